The van der Waals surface area contributed by atoms with Crippen LogP contribution >= 0.6 is 0 Å². The number of hydrogen-bond acceptors (Lipinski definition) is 7. The van der Waals surface area contributed by atoms with Crippen LogP contribution in [0.5, 0.6) is 0 Å². The number of hydrogen-bond donors (Lipinski definition) is 1. The molecule has 1 saturated heterocycles. The van der Waals surface area contributed by atoms with Gasteiger partial charge in [0.2, 0.25) is 0 Å². The number of carbonyl (C=O) groups excluding carboxylic acids is 1. The normalized spacial score (nSPS) is 15.3. The molecule has 0 saturated carbocycles. The number of carbonyl (C=O) groups is 1. The molecule has 1 N–H and O–H groups in total. The molecule has 224 valence electrons. The van der Waals surface area contributed by atoms with Crippen LogP contribution in [0.3, 0.4) is 0 Å². The molecule has 0 amide bonds. The van der Waals surface area contributed by atoms with E-state index in [2.05, 4.69) is 25.2 Å². The van der Waals surface area contributed by atoms with Crippen molar-refractivity contribution in [2.45, 2.75) is 38.9 Å². The molecule has 5 rings (SSSR count). The van der Waals surface area contributed by atoms with Gasteiger partial charge >= 0.3 is 6.18 Å². The lowest BCUT2D eigenvalue weighted by atomic mass is 9.91. The van der Waals surface area contributed by atoms with Crippen LogP contribution in [0.15, 0.2) is 73.3 Å². The van der Waals surface area contributed by atoms with E-state index in [9.17, 15) is 18.0 Å². The van der Waals surface area contributed by atoms with Crippen LogP contribution in [-0.4, -0.2) is 63.8 Å². The van der Waals surface area contributed by atoms with Crippen LogP contribution in [0.1, 0.15) is 51.9 Å². The number of piperazine rings is 1. The number of benzene rings is 2. The average molecular weight is 589 g/mol. The molecule has 10 heteroatoms. The number of ketones is 1. The fourth-order valence-electron chi connectivity index (χ4n) is 5.23. The number of alkyl halides is 3. The van der Waals surface area contributed by atoms with E-state index in [0.717, 1.165) is 47.2 Å². The van der Waals surface area contributed by atoms with E-state index in [0.29, 0.717) is 18.9 Å². The minimum atomic E-state index is -4.54. The number of aryl methyl sites for hydroxylation is 1. The first-order valence-electron chi connectivity index (χ1n) is 14.3. The number of likely N-dealkylation sites (N-methyl/N-ethyl adjacent to an activating group) is 1. The molecule has 1 aliphatic rings. The second-order valence-electron chi connectivity index (χ2n) is 11.2. The van der Waals surface area contributed by atoms with Gasteiger partial charge in [-0.3, -0.25) is 14.7 Å². The Labute approximate surface area is 249 Å². The number of nitrogens with one attached hydrogen (secondary N) is 1. The number of Topliss-reactive ketones (excluding diaryl/α,β-unsaturated/α-hetero) is 1. The zero-order valence-electron chi connectivity index (χ0n) is 24.5. The highest BCUT2D eigenvalue weighted by molar-refractivity contribution is 5.96. The number of rotatable bonds is 9. The topological polar surface area (TPSA) is 74.2 Å². The third-order valence-corrected chi connectivity index (χ3v) is 7.94. The first kappa shape index (κ1) is 30.3. The van der Waals surface area contributed by atoms with E-state index < -0.39 is 11.7 Å². The molecular weight excluding hydrogens is 553 g/mol. The Morgan fingerprint density at radius 3 is 2.53 bits per heavy atom. The molecular formula is C33H35F3N6O. The molecule has 2 aromatic heterocycles. The van der Waals surface area contributed by atoms with E-state index in [1.807, 2.05) is 62.2 Å². The minimum Gasteiger partial charge on any atom is -0.340 e. The van der Waals surface area contributed by atoms with E-state index in [-0.39, 0.29) is 35.8 Å². The van der Waals surface area contributed by atoms with E-state index in [4.69, 9.17) is 0 Å². The fourth-order valence-corrected chi connectivity index (χ4v) is 5.23. The monoisotopic (exact) mass is 588 g/mol. The van der Waals surface area contributed by atoms with Crippen molar-refractivity contribution in [3.63, 3.8) is 0 Å². The molecule has 0 aliphatic carbocycles. The number of halogens is 3. The van der Waals surface area contributed by atoms with Gasteiger partial charge in [0.25, 0.3) is 0 Å². The van der Waals surface area contributed by atoms with Gasteiger partial charge in [0.1, 0.15) is 12.1 Å². The summed E-state index contributed by atoms with van der Waals surface area (Å²) in [6, 6.07) is 15.5. The highest BCUT2D eigenvalue weighted by Crippen LogP contribution is 2.35. The maximum absolute atomic E-state index is 14.1. The van der Waals surface area contributed by atoms with Crippen molar-refractivity contribution in [3.8, 4) is 11.3 Å². The molecule has 1 unspecified atom stereocenters. The molecule has 0 spiro atoms. The Bertz CT molecular complexity index is 1570. The molecule has 2 aromatic carbocycles. The van der Waals surface area contributed by atoms with Gasteiger partial charge in [-0.05, 0) is 60.8 Å². The Morgan fingerprint density at radius 2 is 1.81 bits per heavy atom. The van der Waals surface area contributed by atoms with Crippen LogP contribution in [0.4, 0.5) is 24.7 Å². The molecule has 1 atom stereocenters. The first-order chi connectivity index (χ1) is 20.6. The fraction of sp³-hybridized carbons (Fsp3) is 0.333. The van der Waals surface area contributed by atoms with Gasteiger partial charge in [0, 0.05) is 74.4 Å². The summed E-state index contributed by atoms with van der Waals surface area (Å²) >= 11 is 0. The molecule has 1 aliphatic heterocycles. The number of aromatic nitrogens is 3. The Kier molecular flexibility index (Phi) is 9.17. The standard InChI is InChI=1S/C33H35F3N6O/c1-22-6-7-24(17-29(22)40-32-18-30(38-21-39-32)26-5-4-10-37-19-26)23(2)15-31(43)25-8-9-27(28(16-25)33(34,35)36)20-42-13-11-41(3)12-14-42/h4-10,16-19,21,23H,11-15,20H2,1-3H3,(H,38,39,40). The van der Waals surface area contributed by atoms with Gasteiger partial charge in [-0.25, -0.2) is 9.97 Å². The van der Waals surface area contributed by atoms with Crippen LogP contribution in [0.25, 0.3) is 11.3 Å². The van der Waals surface area contributed by atoms with Crippen LogP contribution in [0.2, 0.25) is 0 Å². The summed E-state index contributed by atoms with van der Waals surface area (Å²) in [5.41, 5.74) is 3.84. The summed E-state index contributed by atoms with van der Waals surface area (Å²) in [4.78, 5) is 30.3. The van der Waals surface area contributed by atoms with Crippen molar-refractivity contribution in [3.05, 3.63) is 101 Å². The summed E-state index contributed by atoms with van der Waals surface area (Å²) in [6.45, 7) is 7.14. The molecule has 0 radical (unpaired) electrons. The van der Waals surface area contributed by atoms with Crippen molar-refractivity contribution < 1.29 is 18.0 Å². The van der Waals surface area contributed by atoms with Gasteiger partial charge < -0.3 is 10.2 Å². The van der Waals surface area contributed by atoms with Crippen molar-refractivity contribution in [2.75, 3.05) is 38.5 Å². The van der Waals surface area contributed by atoms with E-state index in [1.165, 1.54) is 18.5 Å². The zero-order valence-corrected chi connectivity index (χ0v) is 24.5. The quantitative estimate of drug-likeness (QED) is 0.217. The summed E-state index contributed by atoms with van der Waals surface area (Å²) in [6.07, 6.45) is 0.451. The highest BCUT2D eigenvalue weighted by Gasteiger charge is 2.34. The lowest BCUT2D eigenvalue weighted by Gasteiger charge is -2.33. The Hall–Kier alpha value is -4.15. The van der Waals surface area contributed by atoms with Crippen LogP contribution < -0.4 is 5.32 Å². The SMILES string of the molecule is Cc1ccc(C(C)CC(=O)c2ccc(CN3CCN(C)CC3)c(C(F)(F)F)c2)cc1Nc1cc(-c2cccnc2)ncn1. The Morgan fingerprint density at radius 1 is 1.02 bits per heavy atom. The van der Waals surface area contributed by atoms with Gasteiger partial charge in [-0.2, -0.15) is 13.2 Å². The number of nitrogens with zero attached hydrogens (tertiary/aromatic N) is 5. The van der Waals surface area contributed by atoms with Crippen LogP contribution in [-0.2, 0) is 12.7 Å². The lowest BCUT2D eigenvalue weighted by Crippen LogP contribution is -2.44. The van der Waals surface area contributed by atoms with E-state index in [1.54, 1.807) is 12.4 Å². The van der Waals surface area contributed by atoms with Crippen LogP contribution in [0, 0.1) is 6.92 Å². The highest BCUT2D eigenvalue weighted by atomic mass is 19.4. The molecule has 3 heterocycles. The summed E-state index contributed by atoms with van der Waals surface area (Å²) in [5, 5.41) is 3.34. The molecule has 4 aromatic rings. The summed E-state index contributed by atoms with van der Waals surface area (Å²) < 4.78 is 42.2. The van der Waals surface area contributed by atoms with Gasteiger partial charge in [0.05, 0.1) is 11.3 Å². The van der Waals surface area contributed by atoms with E-state index >= 15 is 0 Å². The second kappa shape index (κ2) is 13.0. The Balaban J connectivity index is 1.30. The lowest BCUT2D eigenvalue weighted by molar-refractivity contribution is -0.138. The van der Waals surface area contributed by atoms with Crippen molar-refractivity contribution >= 4 is 17.3 Å². The maximum atomic E-state index is 14.1. The van der Waals surface area contributed by atoms with Gasteiger partial charge in [0.15, 0.2) is 5.78 Å². The number of anilines is 2. The summed E-state index contributed by atoms with van der Waals surface area (Å²) in [7, 11) is 2.01. The predicted octanol–water partition coefficient (Wildman–Crippen LogP) is 6.73. The smallest absolute Gasteiger partial charge is 0.340 e. The second-order valence-corrected chi connectivity index (χ2v) is 11.2. The van der Waals surface area contributed by atoms with Gasteiger partial charge in [-0.15, -0.1) is 0 Å². The van der Waals surface area contributed by atoms with Gasteiger partial charge in [-0.1, -0.05) is 31.2 Å². The van der Waals surface area contributed by atoms with Crippen molar-refractivity contribution in [1.29, 1.82) is 0 Å². The summed E-state index contributed by atoms with van der Waals surface area (Å²) in [5.74, 6) is 0.0645. The minimum absolute atomic E-state index is 0.0793. The van der Waals surface area contributed by atoms with Crippen molar-refractivity contribution in [2.24, 2.45) is 0 Å². The number of pyridine rings is 1. The molecule has 1 fully saturated rings. The zero-order chi connectivity index (χ0) is 30.6. The third-order valence-electron chi connectivity index (χ3n) is 7.94. The molecule has 43 heavy (non-hydrogen) atoms. The largest absolute Gasteiger partial charge is 0.416 e. The molecule has 0 bridgehead atoms. The molecule has 7 nitrogen and oxygen atoms in total. The maximum Gasteiger partial charge on any atom is 0.416 e. The third kappa shape index (κ3) is 7.63. The van der Waals surface area contributed by atoms with Crippen molar-refractivity contribution in [1.82, 2.24) is 24.8 Å². The average Bonchev–Trinajstić information content (AvgIpc) is 2.99. The predicted molar refractivity (Wildman–Crippen MR) is 161 cm³/mol. The first-order valence-corrected chi connectivity index (χ1v) is 14.3.